The fraction of sp³-hybridized carbons (Fsp3) is 0.300. The van der Waals surface area contributed by atoms with Crippen LogP contribution in [0.25, 0.3) is 0 Å². The second-order valence-electron chi connectivity index (χ2n) is 6.75. The number of carbonyl (C=O) groups is 2. The number of anilines is 1. The van der Waals surface area contributed by atoms with Crippen molar-refractivity contribution in [2.75, 3.05) is 23.6 Å². The molecule has 148 valence electrons. The van der Waals surface area contributed by atoms with E-state index in [4.69, 9.17) is 0 Å². The Hall–Kier alpha value is -2.32. The number of hydrogen-bond donors (Lipinski definition) is 1. The molecule has 0 aromatic heterocycles. The first kappa shape index (κ1) is 20.4. The Morgan fingerprint density at radius 3 is 2.64 bits per heavy atom. The molecule has 0 unspecified atom stereocenters. The first-order valence-corrected chi connectivity index (χ1v) is 12.1. The molecule has 2 aromatic rings. The zero-order valence-corrected chi connectivity index (χ0v) is 17.3. The summed E-state index contributed by atoms with van der Waals surface area (Å²) in [7, 11) is -3.27. The van der Waals surface area contributed by atoms with E-state index in [9.17, 15) is 18.0 Å². The van der Waals surface area contributed by atoms with Gasteiger partial charge in [-0.1, -0.05) is 24.3 Å². The SMILES string of the molecule is CSc1cccc(NC(=O)[C@@H](CCS(C)(=O)=O)N2Cc3ccccc3C2=O)c1. The van der Waals surface area contributed by atoms with E-state index in [0.29, 0.717) is 17.8 Å². The minimum Gasteiger partial charge on any atom is -0.324 e. The lowest BCUT2D eigenvalue weighted by molar-refractivity contribution is -0.120. The normalized spacial score (nSPS) is 14.6. The van der Waals surface area contributed by atoms with Crippen molar-refractivity contribution in [1.29, 1.82) is 0 Å². The maximum atomic E-state index is 13.0. The Morgan fingerprint density at radius 1 is 1.21 bits per heavy atom. The lowest BCUT2D eigenvalue weighted by atomic mass is 10.1. The molecule has 1 atom stereocenters. The minimum atomic E-state index is -3.27. The Balaban J connectivity index is 1.84. The van der Waals surface area contributed by atoms with Gasteiger partial charge in [-0.3, -0.25) is 9.59 Å². The number of fused-ring (bicyclic) bond motifs is 1. The highest BCUT2D eigenvalue weighted by Crippen LogP contribution is 2.27. The summed E-state index contributed by atoms with van der Waals surface area (Å²) >= 11 is 1.55. The lowest BCUT2D eigenvalue weighted by Gasteiger charge is -2.27. The summed E-state index contributed by atoms with van der Waals surface area (Å²) in [6.07, 6.45) is 3.12. The van der Waals surface area contributed by atoms with E-state index in [0.717, 1.165) is 16.7 Å². The van der Waals surface area contributed by atoms with Crippen LogP contribution in [-0.4, -0.2) is 49.4 Å². The summed E-state index contributed by atoms with van der Waals surface area (Å²) in [4.78, 5) is 28.3. The van der Waals surface area contributed by atoms with E-state index < -0.39 is 15.9 Å². The Labute approximate surface area is 169 Å². The number of rotatable bonds is 7. The van der Waals surface area contributed by atoms with E-state index in [1.54, 1.807) is 30.0 Å². The molecule has 1 heterocycles. The van der Waals surface area contributed by atoms with Gasteiger partial charge in [0.25, 0.3) is 5.91 Å². The van der Waals surface area contributed by atoms with Crippen molar-refractivity contribution in [2.45, 2.75) is 23.9 Å². The summed E-state index contributed by atoms with van der Waals surface area (Å²) in [5, 5.41) is 2.84. The average molecular weight is 419 g/mol. The Kier molecular flexibility index (Phi) is 6.10. The molecule has 8 heteroatoms. The van der Waals surface area contributed by atoms with Crippen LogP contribution in [-0.2, 0) is 21.2 Å². The van der Waals surface area contributed by atoms with Gasteiger partial charge in [-0.2, -0.15) is 0 Å². The molecular weight excluding hydrogens is 396 g/mol. The van der Waals surface area contributed by atoms with Crippen molar-refractivity contribution in [1.82, 2.24) is 4.90 Å². The molecule has 28 heavy (non-hydrogen) atoms. The maximum absolute atomic E-state index is 13.0. The molecule has 2 aromatic carbocycles. The van der Waals surface area contributed by atoms with Gasteiger partial charge in [-0.15, -0.1) is 11.8 Å². The smallest absolute Gasteiger partial charge is 0.255 e. The fourth-order valence-electron chi connectivity index (χ4n) is 3.21. The van der Waals surface area contributed by atoms with Crippen molar-refractivity contribution in [3.05, 3.63) is 59.7 Å². The first-order valence-electron chi connectivity index (χ1n) is 8.80. The molecule has 0 aliphatic carbocycles. The molecular formula is C20H22N2O4S2. The highest BCUT2D eigenvalue weighted by Gasteiger charge is 2.36. The van der Waals surface area contributed by atoms with Crippen LogP contribution in [0.5, 0.6) is 0 Å². The van der Waals surface area contributed by atoms with E-state index >= 15 is 0 Å². The summed E-state index contributed by atoms with van der Waals surface area (Å²) in [6, 6.07) is 13.7. The predicted molar refractivity (Wildman–Crippen MR) is 111 cm³/mol. The van der Waals surface area contributed by atoms with Gasteiger partial charge in [0.05, 0.1) is 5.75 Å². The lowest BCUT2D eigenvalue weighted by Crippen LogP contribution is -2.45. The van der Waals surface area contributed by atoms with Crippen molar-refractivity contribution in [3.63, 3.8) is 0 Å². The van der Waals surface area contributed by atoms with Crippen molar-refractivity contribution >= 4 is 39.1 Å². The first-order chi connectivity index (χ1) is 13.3. The molecule has 3 rings (SSSR count). The van der Waals surface area contributed by atoms with Gasteiger partial charge in [0.15, 0.2) is 0 Å². The molecule has 0 bridgehead atoms. The van der Waals surface area contributed by atoms with Gasteiger partial charge >= 0.3 is 0 Å². The highest BCUT2D eigenvalue weighted by molar-refractivity contribution is 7.98. The van der Waals surface area contributed by atoms with E-state index in [-0.39, 0.29) is 24.0 Å². The number of nitrogens with zero attached hydrogens (tertiary/aromatic N) is 1. The molecule has 1 aliphatic heterocycles. The molecule has 1 N–H and O–H groups in total. The third-order valence-corrected chi connectivity index (χ3v) is 6.33. The van der Waals surface area contributed by atoms with Crippen LogP contribution < -0.4 is 5.32 Å². The number of sulfone groups is 1. The van der Waals surface area contributed by atoms with Gasteiger partial charge in [0, 0.05) is 28.9 Å². The van der Waals surface area contributed by atoms with Gasteiger partial charge < -0.3 is 10.2 Å². The van der Waals surface area contributed by atoms with Gasteiger partial charge in [-0.25, -0.2) is 8.42 Å². The number of benzene rings is 2. The van der Waals surface area contributed by atoms with Crippen LogP contribution >= 0.6 is 11.8 Å². The monoisotopic (exact) mass is 418 g/mol. The highest BCUT2D eigenvalue weighted by atomic mass is 32.2. The van der Waals surface area contributed by atoms with Gasteiger partial charge in [0.1, 0.15) is 15.9 Å². The molecule has 0 spiro atoms. The zero-order chi connectivity index (χ0) is 20.3. The Bertz CT molecular complexity index is 1000. The second-order valence-corrected chi connectivity index (χ2v) is 9.89. The predicted octanol–water partition coefficient (Wildman–Crippen LogP) is 2.81. The maximum Gasteiger partial charge on any atom is 0.255 e. The summed E-state index contributed by atoms with van der Waals surface area (Å²) < 4.78 is 23.4. The number of nitrogens with one attached hydrogen (secondary N) is 1. The summed E-state index contributed by atoms with van der Waals surface area (Å²) in [5.41, 5.74) is 2.02. The third-order valence-electron chi connectivity index (χ3n) is 4.63. The number of hydrogen-bond acceptors (Lipinski definition) is 5. The van der Waals surface area contributed by atoms with Crippen molar-refractivity contribution < 1.29 is 18.0 Å². The molecule has 0 saturated carbocycles. The topological polar surface area (TPSA) is 83.6 Å². The largest absolute Gasteiger partial charge is 0.324 e. The minimum absolute atomic E-state index is 0.0482. The van der Waals surface area contributed by atoms with E-state index in [1.165, 1.54) is 4.90 Å². The number of thioether (sulfide) groups is 1. The zero-order valence-electron chi connectivity index (χ0n) is 15.7. The van der Waals surface area contributed by atoms with Crippen molar-refractivity contribution in [3.8, 4) is 0 Å². The second kappa shape index (κ2) is 8.36. The Morgan fingerprint density at radius 2 is 1.96 bits per heavy atom. The van der Waals surface area contributed by atoms with Crippen LogP contribution in [0.3, 0.4) is 0 Å². The van der Waals surface area contributed by atoms with Crippen molar-refractivity contribution in [2.24, 2.45) is 0 Å². The van der Waals surface area contributed by atoms with Gasteiger partial charge in [0.2, 0.25) is 5.91 Å². The molecule has 1 aliphatic rings. The molecule has 6 nitrogen and oxygen atoms in total. The van der Waals surface area contributed by atoms with Crippen LogP contribution in [0.4, 0.5) is 5.69 Å². The fourth-order valence-corrected chi connectivity index (χ4v) is 4.32. The molecule has 0 saturated heterocycles. The van der Waals surface area contributed by atoms with Crippen LogP contribution in [0.15, 0.2) is 53.4 Å². The molecule has 0 radical (unpaired) electrons. The van der Waals surface area contributed by atoms with Crippen LogP contribution in [0.1, 0.15) is 22.3 Å². The average Bonchev–Trinajstić information content (AvgIpc) is 2.98. The third kappa shape index (κ3) is 4.74. The standard InChI is InChI=1S/C20H22N2O4S2/c1-27-16-8-5-7-15(12-16)21-19(23)18(10-11-28(2,25)26)22-13-14-6-3-4-9-17(14)20(22)24/h3-9,12,18H,10-11,13H2,1-2H3,(H,21,23)/t18-/m1/s1. The molecule has 2 amide bonds. The van der Waals surface area contributed by atoms with Crippen LogP contribution in [0.2, 0.25) is 0 Å². The van der Waals surface area contributed by atoms with Crippen LogP contribution in [0, 0.1) is 0 Å². The number of carbonyl (C=O) groups excluding carboxylic acids is 2. The van der Waals surface area contributed by atoms with E-state index in [1.807, 2.05) is 36.6 Å². The number of amides is 2. The summed E-state index contributed by atoms with van der Waals surface area (Å²) in [5.74, 6) is -0.805. The quantitative estimate of drug-likeness (QED) is 0.699. The van der Waals surface area contributed by atoms with Gasteiger partial charge in [-0.05, 0) is 42.5 Å². The molecule has 0 fully saturated rings. The summed E-state index contributed by atoms with van der Waals surface area (Å²) in [6.45, 7) is 0.293. The van der Waals surface area contributed by atoms with E-state index in [2.05, 4.69) is 5.32 Å².